The molecule has 1 aliphatic rings. The zero-order valence-electron chi connectivity index (χ0n) is 13.0. The van der Waals surface area contributed by atoms with Crippen LogP contribution in [0.25, 0.3) is 0 Å². The zero-order chi connectivity index (χ0) is 15.2. The van der Waals surface area contributed by atoms with Gasteiger partial charge < -0.3 is 19.7 Å². The first kappa shape index (κ1) is 15.8. The third kappa shape index (κ3) is 4.20. The summed E-state index contributed by atoms with van der Waals surface area (Å²) in [6, 6.07) is 6.04. The number of nitrogens with zero attached hydrogens (tertiary/aromatic N) is 2. The molecule has 1 heterocycles. The van der Waals surface area contributed by atoms with Crippen LogP contribution >= 0.6 is 11.8 Å². The van der Waals surface area contributed by atoms with Gasteiger partial charge in [0.1, 0.15) is 0 Å². The van der Waals surface area contributed by atoms with Crippen LogP contribution in [0.15, 0.2) is 23.2 Å². The summed E-state index contributed by atoms with van der Waals surface area (Å²) in [5, 5.41) is 3.95. The van der Waals surface area contributed by atoms with Crippen LogP contribution in [0.1, 0.15) is 12.5 Å². The predicted molar refractivity (Wildman–Crippen MR) is 88.4 cm³/mol. The van der Waals surface area contributed by atoms with E-state index in [0.717, 1.165) is 30.5 Å². The minimum atomic E-state index is 0.310. The van der Waals surface area contributed by atoms with Crippen LogP contribution in [-0.2, 0) is 6.54 Å². The highest BCUT2D eigenvalue weighted by Gasteiger charge is 2.14. The van der Waals surface area contributed by atoms with Crippen LogP contribution in [0.4, 0.5) is 0 Å². The highest BCUT2D eigenvalue weighted by molar-refractivity contribution is 7.99. The van der Waals surface area contributed by atoms with Crippen molar-refractivity contribution in [2.24, 2.45) is 4.99 Å². The molecule has 2 rings (SSSR count). The van der Waals surface area contributed by atoms with Crippen molar-refractivity contribution in [3.05, 3.63) is 23.8 Å². The van der Waals surface area contributed by atoms with Crippen molar-refractivity contribution in [1.82, 2.24) is 10.2 Å². The summed E-state index contributed by atoms with van der Waals surface area (Å²) >= 11 is 1.84. The summed E-state index contributed by atoms with van der Waals surface area (Å²) in [4.78, 5) is 6.43. The summed E-state index contributed by atoms with van der Waals surface area (Å²) < 4.78 is 10.7. The number of ether oxygens (including phenoxy) is 2. The first-order valence-electron chi connectivity index (χ1n) is 6.97. The summed E-state index contributed by atoms with van der Waals surface area (Å²) in [6.07, 6.45) is 2.12. The normalized spacial score (nSPS) is 15.0. The Morgan fingerprint density at radius 2 is 2.19 bits per heavy atom. The fourth-order valence-electron chi connectivity index (χ4n) is 2.09. The van der Waals surface area contributed by atoms with E-state index in [-0.39, 0.29) is 0 Å². The molecule has 1 aliphatic heterocycles. The maximum atomic E-state index is 5.41. The minimum absolute atomic E-state index is 0.310. The van der Waals surface area contributed by atoms with E-state index < -0.39 is 0 Å². The Morgan fingerprint density at radius 1 is 1.43 bits per heavy atom. The van der Waals surface area contributed by atoms with Crippen LogP contribution in [0, 0.1) is 0 Å². The molecule has 1 N–H and O–H groups in total. The van der Waals surface area contributed by atoms with Crippen LogP contribution in [-0.4, -0.2) is 49.8 Å². The molecular weight excluding hydrogens is 286 g/mol. The number of rotatable bonds is 5. The van der Waals surface area contributed by atoms with Crippen LogP contribution < -0.4 is 14.8 Å². The molecule has 0 saturated carbocycles. The fraction of sp³-hybridized carbons (Fsp3) is 0.533. The number of hydrogen-bond donors (Lipinski definition) is 1. The molecule has 1 aromatic carbocycles. The molecule has 0 radical (unpaired) electrons. The van der Waals surface area contributed by atoms with Crippen molar-refractivity contribution in [3.8, 4) is 11.5 Å². The highest BCUT2D eigenvalue weighted by Crippen LogP contribution is 2.32. The lowest BCUT2D eigenvalue weighted by molar-refractivity contribution is 0.174. The van der Waals surface area contributed by atoms with Crippen LogP contribution in [0.5, 0.6) is 11.5 Å². The molecule has 116 valence electrons. The lowest BCUT2D eigenvalue weighted by atomic mass is 10.2. The number of benzene rings is 1. The van der Waals surface area contributed by atoms with Gasteiger partial charge >= 0.3 is 0 Å². The van der Waals surface area contributed by atoms with Gasteiger partial charge in [-0.2, -0.15) is 11.8 Å². The average Bonchev–Trinajstić information content (AvgIpc) is 2.95. The van der Waals surface area contributed by atoms with Gasteiger partial charge in [0.15, 0.2) is 17.5 Å². The summed E-state index contributed by atoms with van der Waals surface area (Å²) in [7, 11) is 3.84. The second-order valence-corrected chi connectivity index (χ2v) is 6.29. The Labute approximate surface area is 130 Å². The molecule has 1 aromatic rings. The standard InChI is InChI=1S/C15H23N3O2S/c1-11(21-4)8-17-15(16-2)18(3)9-12-5-6-13-14(7-12)20-10-19-13/h5-7,11H,8-10H2,1-4H3,(H,16,17). The van der Waals surface area contributed by atoms with Crippen molar-refractivity contribution in [3.63, 3.8) is 0 Å². The Morgan fingerprint density at radius 3 is 2.90 bits per heavy atom. The van der Waals surface area contributed by atoms with Gasteiger partial charge in [0, 0.05) is 32.4 Å². The van der Waals surface area contributed by atoms with E-state index in [1.165, 1.54) is 5.56 Å². The predicted octanol–water partition coefficient (Wildman–Crippen LogP) is 2.17. The Hall–Kier alpha value is -1.56. The lowest BCUT2D eigenvalue weighted by Crippen LogP contribution is -2.40. The van der Waals surface area contributed by atoms with Gasteiger partial charge in [0.2, 0.25) is 6.79 Å². The Bertz CT molecular complexity index is 508. The topological polar surface area (TPSA) is 46.1 Å². The molecule has 0 aliphatic carbocycles. The molecule has 1 unspecified atom stereocenters. The van der Waals surface area contributed by atoms with Crippen LogP contribution in [0.3, 0.4) is 0 Å². The number of fused-ring (bicyclic) bond motifs is 1. The van der Waals surface area contributed by atoms with Crippen molar-refractivity contribution in [2.75, 3.05) is 33.7 Å². The molecule has 6 heteroatoms. The van der Waals surface area contributed by atoms with Crippen molar-refractivity contribution in [2.45, 2.75) is 18.7 Å². The monoisotopic (exact) mass is 309 g/mol. The average molecular weight is 309 g/mol. The lowest BCUT2D eigenvalue weighted by Gasteiger charge is -2.23. The quantitative estimate of drug-likeness (QED) is 0.667. The molecule has 5 nitrogen and oxygen atoms in total. The molecule has 1 atom stereocenters. The molecule has 21 heavy (non-hydrogen) atoms. The molecular formula is C15H23N3O2S. The number of hydrogen-bond acceptors (Lipinski definition) is 4. The minimum Gasteiger partial charge on any atom is -0.454 e. The SMILES string of the molecule is CN=C(NCC(C)SC)N(C)Cc1ccc2c(c1)OCO2. The fourth-order valence-corrected chi connectivity index (χ4v) is 2.34. The van der Waals surface area contributed by atoms with E-state index in [9.17, 15) is 0 Å². The molecule has 0 amide bonds. The second-order valence-electron chi connectivity index (χ2n) is 5.02. The van der Waals surface area contributed by atoms with Gasteiger partial charge in [-0.05, 0) is 24.0 Å². The highest BCUT2D eigenvalue weighted by atomic mass is 32.2. The Balaban J connectivity index is 1.94. The number of thioether (sulfide) groups is 1. The maximum Gasteiger partial charge on any atom is 0.231 e. The van der Waals surface area contributed by atoms with Crippen molar-refractivity contribution >= 4 is 17.7 Å². The van der Waals surface area contributed by atoms with Gasteiger partial charge in [-0.3, -0.25) is 4.99 Å². The van der Waals surface area contributed by atoms with Crippen molar-refractivity contribution < 1.29 is 9.47 Å². The Kier molecular flexibility index (Phi) is 5.61. The largest absolute Gasteiger partial charge is 0.454 e. The number of nitrogens with one attached hydrogen (secondary N) is 1. The van der Waals surface area contributed by atoms with Gasteiger partial charge in [-0.1, -0.05) is 13.0 Å². The summed E-state index contributed by atoms with van der Waals surface area (Å²) in [5.41, 5.74) is 1.17. The molecule has 0 bridgehead atoms. The van der Waals surface area contributed by atoms with E-state index in [4.69, 9.17) is 9.47 Å². The smallest absolute Gasteiger partial charge is 0.231 e. The first-order valence-corrected chi connectivity index (χ1v) is 8.26. The van der Waals surface area contributed by atoms with E-state index in [1.807, 2.05) is 38.0 Å². The first-order chi connectivity index (χ1) is 10.1. The van der Waals surface area contributed by atoms with Crippen LogP contribution in [0.2, 0.25) is 0 Å². The van der Waals surface area contributed by atoms with Gasteiger partial charge in [-0.15, -0.1) is 0 Å². The van der Waals surface area contributed by atoms with E-state index in [0.29, 0.717) is 12.0 Å². The molecule has 0 spiro atoms. The van der Waals surface area contributed by atoms with E-state index in [1.54, 1.807) is 0 Å². The summed E-state index contributed by atoms with van der Waals surface area (Å²) in [5.74, 6) is 2.53. The van der Waals surface area contributed by atoms with Crippen molar-refractivity contribution in [1.29, 1.82) is 0 Å². The van der Waals surface area contributed by atoms with Gasteiger partial charge in [0.25, 0.3) is 0 Å². The second kappa shape index (κ2) is 7.45. The third-order valence-electron chi connectivity index (χ3n) is 3.38. The maximum absolute atomic E-state index is 5.41. The van der Waals surface area contributed by atoms with E-state index >= 15 is 0 Å². The van der Waals surface area contributed by atoms with Gasteiger partial charge in [0.05, 0.1) is 0 Å². The zero-order valence-corrected chi connectivity index (χ0v) is 13.9. The van der Waals surface area contributed by atoms with Gasteiger partial charge in [-0.25, -0.2) is 0 Å². The number of aliphatic imine (C=N–C) groups is 1. The molecule has 0 saturated heterocycles. The molecule has 0 aromatic heterocycles. The third-order valence-corrected chi connectivity index (χ3v) is 4.35. The van der Waals surface area contributed by atoms with E-state index in [2.05, 4.69) is 34.5 Å². The number of guanidine groups is 1. The molecule has 0 fully saturated rings. The summed E-state index contributed by atoms with van der Waals surface area (Å²) in [6.45, 7) is 4.18.